The van der Waals surface area contributed by atoms with Crippen molar-refractivity contribution >= 4 is 34.2 Å². The Bertz CT molecular complexity index is 1190. The summed E-state index contributed by atoms with van der Waals surface area (Å²) in [5.41, 5.74) is 3.40. The van der Waals surface area contributed by atoms with Gasteiger partial charge in [-0.15, -0.1) is 0 Å². The van der Waals surface area contributed by atoms with Gasteiger partial charge in [0.1, 0.15) is 11.3 Å². The Labute approximate surface area is 159 Å². The van der Waals surface area contributed by atoms with Crippen LogP contribution in [0.15, 0.2) is 60.9 Å². The molecule has 2 heterocycles. The number of amides is 1. The van der Waals surface area contributed by atoms with Crippen LogP contribution in [0.2, 0.25) is 5.02 Å². The molecular weight excluding hydrogens is 362 g/mol. The lowest BCUT2D eigenvalue weighted by Crippen LogP contribution is -2.12. The molecule has 0 aliphatic carbocycles. The molecule has 27 heavy (non-hydrogen) atoms. The lowest BCUT2D eigenvalue weighted by atomic mass is 10.1. The Kier molecular flexibility index (Phi) is 4.29. The Balaban J connectivity index is 1.78. The van der Waals surface area contributed by atoms with Gasteiger partial charge in [0.25, 0.3) is 5.91 Å². The van der Waals surface area contributed by atoms with Gasteiger partial charge in [-0.25, -0.2) is 4.98 Å². The number of aromatic amines is 1. The predicted octanol–water partition coefficient (Wildman–Crippen LogP) is 4.40. The number of pyridine rings is 1. The lowest BCUT2D eigenvalue weighted by molar-refractivity contribution is 0.102. The summed E-state index contributed by atoms with van der Waals surface area (Å²) in [5.74, 6) is 0.236. The van der Waals surface area contributed by atoms with Crippen LogP contribution in [0.3, 0.4) is 0 Å². The Morgan fingerprint density at radius 1 is 1.15 bits per heavy atom. The van der Waals surface area contributed by atoms with Crippen LogP contribution in [-0.2, 0) is 0 Å². The molecular formula is C20H12ClN5O. The van der Waals surface area contributed by atoms with E-state index in [0.29, 0.717) is 38.7 Å². The molecule has 0 radical (unpaired) electrons. The summed E-state index contributed by atoms with van der Waals surface area (Å²) in [6.45, 7) is 0. The van der Waals surface area contributed by atoms with Crippen LogP contribution >= 0.6 is 11.6 Å². The number of imidazole rings is 1. The van der Waals surface area contributed by atoms with E-state index in [-0.39, 0.29) is 5.91 Å². The fourth-order valence-electron chi connectivity index (χ4n) is 2.76. The van der Waals surface area contributed by atoms with Crippen molar-refractivity contribution < 1.29 is 4.79 Å². The first kappa shape index (κ1) is 16.8. The summed E-state index contributed by atoms with van der Waals surface area (Å²) in [6.07, 6.45) is 3.19. The van der Waals surface area contributed by atoms with Crippen LogP contribution in [0.1, 0.15) is 15.9 Å². The van der Waals surface area contributed by atoms with Crippen LogP contribution in [-0.4, -0.2) is 20.9 Å². The monoisotopic (exact) mass is 373 g/mol. The number of fused-ring (bicyclic) bond motifs is 1. The second kappa shape index (κ2) is 6.90. The van der Waals surface area contributed by atoms with E-state index in [2.05, 4.69) is 26.3 Å². The first-order valence-corrected chi connectivity index (χ1v) is 8.43. The molecule has 130 valence electrons. The highest BCUT2D eigenvalue weighted by Gasteiger charge is 2.16. The van der Waals surface area contributed by atoms with Gasteiger partial charge < -0.3 is 10.3 Å². The van der Waals surface area contributed by atoms with E-state index in [0.717, 1.165) is 5.56 Å². The highest BCUT2D eigenvalue weighted by molar-refractivity contribution is 6.32. The van der Waals surface area contributed by atoms with Gasteiger partial charge in [-0.2, -0.15) is 5.26 Å². The van der Waals surface area contributed by atoms with E-state index in [4.69, 9.17) is 16.9 Å². The quantitative estimate of drug-likeness (QED) is 0.556. The summed E-state index contributed by atoms with van der Waals surface area (Å²) in [6, 6.07) is 15.9. The van der Waals surface area contributed by atoms with Crippen molar-refractivity contribution in [2.24, 2.45) is 0 Å². The molecule has 2 aromatic heterocycles. The van der Waals surface area contributed by atoms with Crippen LogP contribution < -0.4 is 5.32 Å². The molecule has 4 aromatic rings. The highest BCUT2D eigenvalue weighted by atomic mass is 35.5. The van der Waals surface area contributed by atoms with Crippen molar-refractivity contribution in [2.75, 3.05) is 5.32 Å². The zero-order chi connectivity index (χ0) is 18.8. The lowest BCUT2D eigenvalue weighted by Gasteiger charge is -2.06. The average Bonchev–Trinajstić information content (AvgIpc) is 3.12. The third-order valence-electron chi connectivity index (χ3n) is 4.00. The highest BCUT2D eigenvalue weighted by Crippen LogP contribution is 2.27. The van der Waals surface area contributed by atoms with Gasteiger partial charge in [0, 0.05) is 28.7 Å². The van der Waals surface area contributed by atoms with E-state index in [1.165, 1.54) is 0 Å². The Morgan fingerprint density at radius 3 is 2.74 bits per heavy atom. The Morgan fingerprint density at radius 2 is 1.96 bits per heavy atom. The molecule has 2 aromatic carbocycles. The molecule has 0 spiro atoms. The molecule has 4 rings (SSSR count). The van der Waals surface area contributed by atoms with Gasteiger partial charge in [-0.1, -0.05) is 23.7 Å². The van der Waals surface area contributed by atoms with E-state index >= 15 is 0 Å². The number of anilines is 1. The van der Waals surface area contributed by atoms with Crippen LogP contribution in [0.5, 0.6) is 0 Å². The summed E-state index contributed by atoms with van der Waals surface area (Å²) in [4.78, 5) is 24.4. The molecule has 0 fully saturated rings. The number of halogens is 1. The fourth-order valence-corrected chi connectivity index (χ4v) is 2.98. The van der Waals surface area contributed by atoms with E-state index < -0.39 is 0 Å². The minimum absolute atomic E-state index is 0.322. The molecule has 1 amide bonds. The van der Waals surface area contributed by atoms with Gasteiger partial charge in [-0.05, 0) is 36.4 Å². The minimum atomic E-state index is -0.322. The van der Waals surface area contributed by atoms with Gasteiger partial charge >= 0.3 is 0 Å². The van der Waals surface area contributed by atoms with Crippen LogP contribution in [0.4, 0.5) is 5.69 Å². The van der Waals surface area contributed by atoms with Crippen molar-refractivity contribution in [3.05, 3.63) is 77.1 Å². The first-order valence-electron chi connectivity index (χ1n) is 8.05. The van der Waals surface area contributed by atoms with Crippen molar-refractivity contribution in [2.45, 2.75) is 0 Å². The van der Waals surface area contributed by atoms with Gasteiger partial charge in [-0.3, -0.25) is 9.78 Å². The summed E-state index contributed by atoms with van der Waals surface area (Å²) in [5, 5.41) is 12.3. The molecule has 0 saturated heterocycles. The molecule has 7 heteroatoms. The number of benzene rings is 2. The number of carbonyl (C=O) groups is 1. The minimum Gasteiger partial charge on any atom is -0.338 e. The van der Waals surface area contributed by atoms with E-state index in [1.807, 2.05) is 6.07 Å². The molecule has 0 aliphatic heterocycles. The van der Waals surface area contributed by atoms with Gasteiger partial charge in [0.05, 0.1) is 22.7 Å². The van der Waals surface area contributed by atoms with Crippen LogP contribution in [0, 0.1) is 11.3 Å². The third-order valence-corrected chi connectivity index (χ3v) is 4.22. The number of H-pyrrole nitrogens is 1. The van der Waals surface area contributed by atoms with E-state index in [9.17, 15) is 4.79 Å². The summed E-state index contributed by atoms with van der Waals surface area (Å²) >= 11 is 6.19. The second-order valence-corrected chi connectivity index (χ2v) is 6.25. The van der Waals surface area contributed by atoms with Crippen molar-refractivity contribution in [3.8, 4) is 17.5 Å². The number of aromatic nitrogens is 3. The fraction of sp³-hybridized carbons (Fsp3) is 0. The largest absolute Gasteiger partial charge is 0.338 e. The first-order chi connectivity index (χ1) is 13.1. The maximum Gasteiger partial charge on any atom is 0.257 e. The number of hydrogen-bond donors (Lipinski definition) is 2. The number of nitrogens with zero attached hydrogens (tertiary/aromatic N) is 3. The molecule has 0 atom stereocenters. The van der Waals surface area contributed by atoms with Gasteiger partial charge in [0.15, 0.2) is 0 Å². The van der Waals surface area contributed by atoms with Crippen molar-refractivity contribution in [1.29, 1.82) is 5.26 Å². The van der Waals surface area contributed by atoms with E-state index in [1.54, 1.807) is 54.9 Å². The average molecular weight is 374 g/mol. The number of nitrogens with one attached hydrogen (secondary N) is 2. The Hall–Kier alpha value is -3.69. The topological polar surface area (TPSA) is 94.5 Å². The zero-order valence-corrected chi connectivity index (χ0v) is 14.7. The van der Waals surface area contributed by atoms with Crippen LogP contribution in [0.25, 0.3) is 22.4 Å². The van der Waals surface area contributed by atoms with Crippen molar-refractivity contribution in [1.82, 2.24) is 15.0 Å². The summed E-state index contributed by atoms with van der Waals surface area (Å²) in [7, 11) is 0. The van der Waals surface area contributed by atoms with Gasteiger partial charge in [0.2, 0.25) is 0 Å². The zero-order valence-electron chi connectivity index (χ0n) is 13.9. The predicted molar refractivity (Wildman–Crippen MR) is 103 cm³/mol. The third kappa shape index (κ3) is 3.36. The number of hydrogen-bond acceptors (Lipinski definition) is 4. The standard InChI is InChI=1S/C20H12ClN5O/c21-14-9-16(20(27)24-15-4-6-23-7-5-15)18-17(10-14)25-19(26-18)13-3-1-2-12(8-13)11-22/h1-10H,(H,25,26)(H,23,24,27). The molecule has 0 saturated carbocycles. The molecule has 0 unspecified atom stereocenters. The molecule has 6 nitrogen and oxygen atoms in total. The SMILES string of the molecule is N#Cc1cccc(-c2nc3c(C(=O)Nc4ccncc4)cc(Cl)cc3[nH]2)c1. The number of carbonyl (C=O) groups excluding carboxylic acids is 1. The summed E-state index contributed by atoms with van der Waals surface area (Å²) < 4.78 is 0. The maximum absolute atomic E-state index is 12.7. The van der Waals surface area contributed by atoms with Crippen molar-refractivity contribution in [3.63, 3.8) is 0 Å². The maximum atomic E-state index is 12.7. The normalized spacial score (nSPS) is 10.5. The smallest absolute Gasteiger partial charge is 0.257 e. The number of rotatable bonds is 3. The molecule has 0 aliphatic rings. The number of nitriles is 1. The molecule has 0 bridgehead atoms. The second-order valence-electron chi connectivity index (χ2n) is 5.82. The molecule has 2 N–H and O–H groups in total.